The molecule has 2 aromatic carbocycles. The van der Waals surface area contributed by atoms with Crippen LogP contribution in [-0.4, -0.2) is 69.3 Å². The molecule has 1 fully saturated rings. The second-order valence-electron chi connectivity index (χ2n) is 6.99. The lowest BCUT2D eigenvalue weighted by atomic mass is 10.3. The smallest absolute Gasteiger partial charge is 0.322 e. The standard InChI is InChI=1S/C20H21F2N7O2/c1-31-15-7-5-14(6-8-15)29-18(24-25-26-29)13-27-9-11-28(12-10-27)20(30)23-19-16(21)3-2-4-17(19)22/h2-8H,9-13H2,1H3,(H,23,30). The normalized spacial score (nSPS) is 14.5. The van der Waals surface area contributed by atoms with Crippen molar-refractivity contribution in [3.63, 3.8) is 0 Å². The quantitative estimate of drug-likeness (QED) is 0.670. The number of aromatic nitrogens is 4. The number of amides is 2. The zero-order valence-electron chi connectivity index (χ0n) is 16.8. The Hall–Kier alpha value is -3.60. The molecule has 2 amide bonds. The molecule has 4 rings (SSSR count). The molecule has 1 N–H and O–H groups in total. The predicted octanol–water partition coefficient (Wildman–Crippen LogP) is 2.30. The molecule has 3 aromatic rings. The third kappa shape index (κ3) is 4.61. The van der Waals surface area contributed by atoms with Crippen molar-refractivity contribution >= 4 is 11.7 Å². The van der Waals surface area contributed by atoms with Gasteiger partial charge in [0.25, 0.3) is 0 Å². The predicted molar refractivity (Wildman–Crippen MR) is 108 cm³/mol. The van der Waals surface area contributed by atoms with Gasteiger partial charge in [-0.25, -0.2) is 13.6 Å². The van der Waals surface area contributed by atoms with Crippen molar-refractivity contribution in [2.75, 3.05) is 38.6 Å². The van der Waals surface area contributed by atoms with Crippen molar-refractivity contribution in [1.82, 2.24) is 30.0 Å². The summed E-state index contributed by atoms with van der Waals surface area (Å²) in [5.41, 5.74) is 0.374. The number of methoxy groups -OCH3 is 1. The number of nitrogens with zero attached hydrogens (tertiary/aromatic N) is 6. The number of hydrogen-bond donors (Lipinski definition) is 1. The lowest BCUT2D eigenvalue weighted by molar-refractivity contribution is 0.140. The Morgan fingerprint density at radius 2 is 1.74 bits per heavy atom. The summed E-state index contributed by atoms with van der Waals surface area (Å²) in [6.07, 6.45) is 0. The van der Waals surface area contributed by atoms with Crippen LogP contribution in [0, 0.1) is 11.6 Å². The lowest BCUT2D eigenvalue weighted by Gasteiger charge is -2.34. The maximum absolute atomic E-state index is 13.8. The average Bonchev–Trinajstić information content (AvgIpc) is 3.25. The highest BCUT2D eigenvalue weighted by Crippen LogP contribution is 2.19. The van der Waals surface area contributed by atoms with E-state index in [0.717, 1.165) is 23.6 Å². The van der Waals surface area contributed by atoms with Crippen LogP contribution in [0.15, 0.2) is 42.5 Å². The first-order valence-electron chi connectivity index (χ1n) is 9.69. The van der Waals surface area contributed by atoms with Gasteiger partial charge in [0.15, 0.2) is 5.82 Å². The molecule has 162 valence electrons. The van der Waals surface area contributed by atoms with Gasteiger partial charge in [-0.1, -0.05) is 6.07 Å². The summed E-state index contributed by atoms with van der Waals surface area (Å²) in [5.74, 6) is -0.214. The van der Waals surface area contributed by atoms with E-state index in [4.69, 9.17) is 4.74 Å². The molecule has 2 heterocycles. The van der Waals surface area contributed by atoms with E-state index in [1.54, 1.807) is 11.8 Å². The van der Waals surface area contributed by atoms with Crippen molar-refractivity contribution in [2.24, 2.45) is 0 Å². The van der Waals surface area contributed by atoms with Crippen molar-refractivity contribution < 1.29 is 18.3 Å². The van der Waals surface area contributed by atoms with Crippen LogP contribution < -0.4 is 10.1 Å². The number of urea groups is 1. The van der Waals surface area contributed by atoms with E-state index >= 15 is 0 Å². The van der Waals surface area contributed by atoms with E-state index in [9.17, 15) is 13.6 Å². The van der Waals surface area contributed by atoms with E-state index in [1.165, 1.54) is 11.0 Å². The largest absolute Gasteiger partial charge is 0.497 e. The molecule has 1 saturated heterocycles. The summed E-state index contributed by atoms with van der Waals surface area (Å²) in [7, 11) is 1.60. The number of halogens is 2. The number of carbonyl (C=O) groups excluding carboxylic acids is 1. The lowest BCUT2D eigenvalue weighted by Crippen LogP contribution is -2.49. The maximum Gasteiger partial charge on any atom is 0.322 e. The minimum absolute atomic E-state index is 0.409. The fourth-order valence-electron chi connectivity index (χ4n) is 3.34. The van der Waals surface area contributed by atoms with Gasteiger partial charge in [-0.15, -0.1) is 5.10 Å². The summed E-state index contributed by atoms with van der Waals surface area (Å²) in [4.78, 5) is 16.0. The van der Waals surface area contributed by atoms with Crippen molar-refractivity contribution in [3.8, 4) is 11.4 Å². The number of tetrazole rings is 1. The summed E-state index contributed by atoms with van der Waals surface area (Å²) in [6, 6.07) is 10.3. The van der Waals surface area contributed by atoms with Gasteiger partial charge in [-0.2, -0.15) is 4.68 Å². The Morgan fingerprint density at radius 1 is 1.06 bits per heavy atom. The topological polar surface area (TPSA) is 88.4 Å². The minimum Gasteiger partial charge on any atom is -0.497 e. The Kier molecular flexibility index (Phi) is 6.03. The number of piperazine rings is 1. The molecule has 1 aromatic heterocycles. The zero-order valence-corrected chi connectivity index (χ0v) is 16.8. The van der Waals surface area contributed by atoms with E-state index in [0.29, 0.717) is 38.5 Å². The molecular weight excluding hydrogens is 408 g/mol. The molecule has 31 heavy (non-hydrogen) atoms. The first-order chi connectivity index (χ1) is 15.0. The van der Waals surface area contributed by atoms with Crippen LogP contribution in [-0.2, 0) is 6.54 Å². The molecule has 9 nitrogen and oxygen atoms in total. The Bertz CT molecular complexity index is 1030. The molecule has 0 bridgehead atoms. The Labute approximate surface area is 177 Å². The van der Waals surface area contributed by atoms with Crippen LogP contribution in [0.4, 0.5) is 19.3 Å². The molecule has 1 aliphatic rings. The molecule has 0 unspecified atom stereocenters. The molecule has 0 spiro atoms. The average molecular weight is 429 g/mol. The monoisotopic (exact) mass is 429 g/mol. The number of hydrogen-bond acceptors (Lipinski definition) is 6. The summed E-state index contributed by atoms with van der Waals surface area (Å²) in [6.45, 7) is 2.46. The molecule has 0 atom stereocenters. The van der Waals surface area contributed by atoms with Gasteiger partial charge < -0.3 is 15.0 Å². The van der Waals surface area contributed by atoms with Gasteiger partial charge >= 0.3 is 6.03 Å². The third-order valence-corrected chi connectivity index (χ3v) is 5.07. The summed E-state index contributed by atoms with van der Waals surface area (Å²) >= 11 is 0. The maximum atomic E-state index is 13.8. The van der Waals surface area contributed by atoms with E-state index < -0.39 is 23.4 Å². The number of para-hydroxylation sites is 1. The van der Waals surface area contributed by atoms with Gasteiger partial charge in [0.2, 0.25) is 0 Å². The van der Waals surface area contributed by atoms with Crippen LogP contribution in [0.5, 0.6) is 5.75 Å². The molecule has 0 aliphatic carbocycles. The minimum atomic E-state index is -0.808. The number of ether oxygens (including phenoxy) is 1. The second-order valence-corrected chi connectivity index (χ2v) is 6.99. The summed E-state index contributed by atoms with van der Waals surface area (Å²) < 4.78 is 34.3. The Balaban J connectivity index is 1.35. The van der Waals surface area contributed by atoms with Gasteiger partial charge in [0.1, 0.15) is 23.1 Å². The van der Waals surface area contributed by atoms with Gasteiger partial charge in [0, 0.05) is 26.2 Å². The van der Waals surface area contributed by atoms with Gasteiger partial charge in [-0.3, -0.25) is 4.90 Å². The Morgan fingerprint density at radius 3 is 2.39 bits per heavy atom. The summed E-state index contributed by atoms with van der Waals surface area (Å²) in [5, 5.41) is 14.3. The number of anilines is 1. The van der Waals surface area contributed by atoms with E-state index in [1.807, 2.05) is 24.3 Å². The highest BCUT2D eigenvalue weighted by Gasteiger charge is 2.24. The van der Waals surface area contributed by atoms with Crippen LogP contribution in [0.1, 0.15) is 5.82 Å². The number of nitrogens with one attached hydrogen (secondary N) is 1. The number of carbonyl (C=O) groups is 1. The zero-order chi connectivity index (χ0) is 21.8. The first-order valence-corrected chi connectivity index (χ1v) is 9.69. The third-order valence-electron chi connectivity index (χ3n) is 5.07. The SMILES string of the molecule is COc1ccc(-n2nnnc2CN2CCN(C(=O)Nc3c(F)cccc3F)CC2)cc1. The number of benzene rings is 2. The fraction of sp³-hybridized carbons (Fsp3) is 0.300. The molecule has 1 aliphatic heterocycles. The molecular formula is C20H21F2N7O2. The first kappa shape index (κ1) is 20.7. The highest BCUT2D eigenvalue weighted by atomic mass is 19.1. The van der Waals surface area contributed by atoms with Crippen molar-refractivity contribution in [2.45, 2.75) is 6.54 Å². The van der Waals surface area contributed by atoms with Crippen LogP contribution >= 0.6 is 0 Å². The number of rotatable bonds is 5. The van der Waals surface area contributed by atoms with E-state index in [2.05, 4.69) is 25.7 Å². The van der Waals surface area contributed by atoms with Crippen LogP contribution in [0.3, 0.4) is 0 Å². The van der Waals surface area contributed by atoms with Gasteiger partial charge in [-0.05, 0) is 46.8 Å². The molecule has 0 radical (unpaired) electrons. The second kappa shape index (κ2) is 9.04. The molecule has 11 heteroatoms. The molecule has 0 saturated carbocycles. The van der Waals surface area contributed by atoms with E-state index in [-0.39, 0.29) is 0 Å². The van der Waals surface area contributed by atoms with Crippen LogP contribution in [0.25, 0.3) is 5.69 Å². The fourth-order valence-corrected chi connectivity index (χ4v) is 3.34. The van der Waals surface area contributed by atoms with Crippen LogP contribution in [0.2, 0.25) is 0 Å². The highest BCUT2D eigenvalue weighted by molar-refractivity contribution is 5.89. The van der Waals surface area contributed by atoms with Crippen molar-refractivity contribution in [3.05, 3.63) is 59.9 Å². The van der Waals surface area contributed by atoms with Gasteiger partial charge in [0.05, 0.1) is 19.3 Å². The van der Waals surface area contributed by atoms with Crippen molar-refractivity contribution in [1.29, 1.82) is 0 Å².